The summed E-state index contributed by atoms with van der Waals surface area (Å²) in [5.41, 5.74) is 3.92. The number of aromatic amines is 1. The fourth-order valence-electron chi connectivity index (χ4n) is 3.19. The highest BCUT2D eigenvalue weighted by Crippen LogP contribution is 2.30. The first-order chi connectivity index (χ1) is 12.8. The number of carbonyl (C=O) groups is 1. The molecule has 5 nitrogen and oxygen atoms in total. The number of benzene rings is 2. The summed E-state index contributed by atoms with van der Waals surface area (Å²) in [6.45, 7) is 2.51. The average Bonchev–Trinajstić information content (AvgIpc) is 3.14. The molecule has 1 N–H and O–H groups in total. The Morgan fingerprint density at radius 1 is 0.962 bits per heavy atom. The number of nitrogens with zero attached hydrogens (tertiary/aromatic N) is 2. The Morgan fingerprint density at radius 2 is 1.58 bits per heavy atom. The van der Waals surface area contributed by atoms with Gasteiger partial charge in [-0.15, -0.1) is 0 Å². The van der Waals surface area contributed by atoms with E-state index in [4.69, 9.17) is 9.72 Å². The first kappa shape index (κ1) is 16.5. The van der Waals surface area contributed by atoms with E-state index in [1.807, 2.05) is 65.6 Å². The molecule has 4 rings (SSSR count). The van der Waals surface area contributed by atoms with Crippen molar-refractivity contribution in [2.24, 2.45) is 0 Å². The number of nitrogens with one attached hydrogen (secondary N) is 1. The zero-order valence-electron chi connectivity index (χ0n) is 14.5. The Kier molecular flexibility index (Phi) is 4.80. The van der Waals surface area contributed by atoms with Crippen LogP contribution in [0.25, 0.3) is 22.5 Å². The number of ether oxygens (including phenoxy) is 1. The van der Waals surface area contributed by atoms with Gasteiger partial charge in [-0.3, -0.25) is 4.79 Å². The van der Waals surface area contributed by atoms with Crippen LogP contribution in [0.5, 0.6) is 0 Å². The zero-order chi connectivity index (χ0) is 17.8. The number of aromatic nitrogens is 2. The lowest BCUT2D eigenvalue weighted by Crippen LogP contribution is -2.41. The van der Waals surface area contributed by atoms with E-state index in [1.54, 1.807) is 0 Å². The van der Waals surface area contributed by atoms with Gasteiger partial charge in [0, 0.05) is 24.2 Å². The molecule has 0 unspecified atom stereocenters. The Labute approximate surface area is 152 Å². The van der Waals surface area contributed by atoms with E-state index in [0.717, 1.165) is 22.5 Å². The van der Waals surface area contributed by atoms with Crippen LogP contribution in [0.4, 0.5) is 0 Å². The predicted molar refractivity (Wildman–Crippen MR) is 101 cm³/mol. The maximum Gasteiger partial charge on any atom is 0.230 e. The standard InChI is InChI=1S/C21H21N3O2/c25-19(24-11-13-26-14-12-24)15-18-22-20(16-7-3-1-4-8-16)21(23-18)17-9-5-2-6-10-17/h1-10H,11-15H2,(H,22,23). The summed E-state index contributed by atoms with van der Waals surface area (Å²) in [5.74, 6) is 0.778. The van der Waals surface area contributed by atoms with Gasteiger partial charge in [0.05, 0.1) is 31.0 Å². The molecule has 0 atom stereocenters. The molecule has 1 saturated heterocycles. The fraction of sp³-hybridized carbons (Fsp3) is 0.238. The molecule has 2 heterocycles. The molecule has 132 valence electrons. The molecule has 1 aromatic heterocycles. The topological polar surface area (TPSA) is 58.2 Å². The molecule has 1 aliphatic rings. The van der Waals surface area contributed by atoms with Crippen LogP contribution in [0.2, 0.25) is 0 Å². The second-order valence-corrected chi connectivity index (χ2v) is 6.31. The summed E-state index contributed by atoms with van der Waals surface area (Å²) < 4.78 is 5.32. The molecule has 0 spiro atoms. The van der Waals surface area contributed by atoms with E-state index in [1.165, 1.54) is 0 Å². The molecular formula is C21H21N3O2. The van der Waals surface area contributed by atoms with Crippen molar-refractivity contribution >= 4 is 5.91 Å². The third-order valence-electron chi connectivity index (χ3n) is 4.55. The summed E-state index contributed by atoms with van der Waals surface area (Å²) in [5, 5.41) is 0. The SMILES string of the molecule is O=C(Cc1nc(-c2ccccc2)c(-c2ccccc2)[nH]1)N1CCOCC1. The van der Waals surface area contributed by atoms with Gasteiger partial charge in [-0.25, -0.2) is 4.98 Å². The Balaban J connectivity index is 1.66. The largest absolute Gasteiger partial charge is 0.378 e. The van der Waals surface area contributed by atoms with E-state index in [2.05, 4.69) is 4.98 Å². The van der Waals surface area contributed by atoms with Crippen molar-refractivity contribution in [3.05, 3.63) is 66.5 Å². The maximum atomic E-state index is 12.6. The lowest BCUT2D eigenvalue weighted by Gasteiger charge is -2.26. The summed E-state index contributed by atoms with van der Waals surface area (Å²) >= 11 is 0. The lowest BCUT2D eigenvalue weighted by molar-refractivity contribution is -0.134. The van der Waals surface area contributed by atoms with E-state index in [0.29, 0.717) is 32.1 Å². The Morgan fingerprint density at radius 3 is 2.23 bits per heavy atom. The highest BCUT2D eigenvalue weighted by atomic mass is 16.5. The van der Waals surface area contributed by atoms with Crippen molar-refractivity contribution < 1.29 is 9.53 Å². The predicted octanol–water partition coefficient (Wildman–Crippen LogP) is 3.15. The van der Waals surface area contributed by atoms with Gasteiger partial charge in [-0.05, 0) is 0 Å². The van der Waals surface area contributed by atoms with Crippen LogP contribution in [-0.4, -0.2) is 47.1 Å². The summed E-state index contributed by atoms with van der Waals surface area (Å²) in [6.07, 6.45) is 0.271. The van der Waals surface area contributed by atoms with Gasteiger partial charge in [-0.2, -0.15) is 0 Å². The molecule has 1 fully saturated rings. The first-order valence-corrected chi connectivity index (χ1v) is 8.86. The minimum Gasteiger partial charge on any atom is -0.378 e. The lowest BCUT2D eigenvalue weighted by atomic mass is 10.1. The molecule has 26 heavy (non-hydrogen) atoms. The van der Waals surface area contributed by atoms with Crippen LogP contribution in [0, 0.1) is 0 Å². The third kappa shape index (κ3) is 3.53. The van der Waals surface area contributed by atoms with Crippen molar-refractivity contribution in [2.75, 3.05) is 26.3 Å². The van der Waals surface area contributed by atoms with Gasteiger partial charge in [0.2, 0.25) is 5.91 Å². The summed E-state index contributed by atoms with van der Waals surface area (Å²) in [6, 6.07) is 20.2. The number of H-pyrrole nitrogens is 1. The molecule has 0 aliphatic carbocycles. The molecule has 1 amide bonds. The minimum atomic E-state index is 0.0845. The number of carbonyl (C=O) groups excluding carboxylic acids is 1. The Hall–Kier alpha value is -2.92. The normalized spacial score (nSPS) is 14.4. The monoisotopic (exact) mass is 347 g/mol. The molecule has 2 aromatic carbocycles. The van der Waals surface area contributed by atoms with Gasteiger partial charge in [0.15, 0.2) is 0 Å². The van der Waals surface area contributed by atoms with Crippen LogP contribution in [0.1, 0.15) is 5.82 Å². The van der Waals surface area contributed by atoms with Crippen LogP contribution in [-0.2, 0) is 16.0 Å². The maximum absolute atomic E-state index is 12.6. The highest BCUT2D eigenvalue weighted by molar-refractivity contribution is 5.81. The van der Waals surface area contributed by atoms with Crippen LogP contribution in [0.3, 0.4) is 0 Å². The molecule has 0 bridgehead atoms. The molecule has 0 radical (unpaired) electrons. The van der Waals surface area contributed by atoms with Crippen LogP contribution in [0.15, 0.2) is 60.7 Å². The van der Waals surface area contributed by atoms with Gasteiger partial charge >= 0.3 is 0 Å². The smallest absolute Gasteiger partial charge is 0.230 e. The third-order valence-corrected chi connectivity index (χ3v) is 4.55. The first-order valence-electron chi connectivity index (χ1n) is 8.86. The van der Waals surface area contributed by atoms with E-state index >= 15 is 0 Å². The van der Waals surface area contributed by atoms with Gasteiger partial charge in [0.1, 0.15) is 5.82 Å². The number of hydrogen-bond acceptors (Lipinski definition) is 3. The van der Waals surface area contributed by atoms with Crippen molar-refractivity contribution in [1.29, 1.82) is 0 Å². The van der Waals surface area contributed by atoms with Crippen molar-refractivity contribution in [2.45, 2.75) is 6.42 Å². The molecule has 1 aliphatic heterocycles. The van der Waals surface area contributed by atoms with Crippen LogP contribution < -0.4 is 0 Å². The molecule has 5 heteroatoms. The van der Waals surface area contributed by atoms with Crippen molar-refractivity contribution in [1.82, 2.24) is 14.9 Å². The van der Waals surface area contributed by atoms with E-state index in [-0.39, 0.29) is 12.3 Å². The van der Waals surface area contributed by atoms with Crippen LogP contribution >= 0.6 is 0 Å². The quantitative estimate of drug-likeness (QED) is 0.789. The molecule has 3 aromatic rings. The Bertz CT molecular complexity index is 812. The number of rotatable bonds is 4. The van der Waals surface area contributed by atoms with Gasteiger partial charge in [-0.1, -0.05) is 60.7 Å². The second kappa shape index (κ2) is 7.54. The van der Waals surface area contributed by atoms with Crippen molar-refractivity contribution in [3.63, 3.8) is 0 Å². The number of amides is 1. The zero-order valence-corrected chi connectivity index (χ0v) is 14.5. The average molecular weight is 347 g/mol. The van der Waals surface area contributed by atoms with Gasteiger partial charge < -0.3 is 14.6 Å². The van der Waals surface area contributed by atoms with E-state index in [9.17, 15) is 4.79 Å². The van der Waals surface area contributed by atoms with Gasteiger partial charge in [0.25, 0.3) is 0 Å². The molecular weight excluding hydrogens is 326 g/mol. The number of morpholine rings is 1. The number of imidazole rings is 1. The minimum absolute atomic E-state index is 0.0845. The highest BCUT2D eigenvalue weighted by Gasteiger charge is 2.20. The summed E-state index contributed by atoms with van der Waals surface area (Å²) in [7, 11) is 0. The molecule has 0 saturated carbocycles. The fourth-order valence-corrected chi connectivity index (χ4v) is 3.19. The second-order valence-electron chi connectivity index (χ2n) is 6.31. The van der Waals surface area contributed by atoms with E-state index < -0.39 is 0 Å². The number of hydrogen-bond donors (Lipinski definition) is 1. The summed E-state index contributed by atoms with van der Waals surface area (Å²) in [4.78, 5) is 22.5. The van der Waals surface area contributed by atoms with Crippen molar-refractivity contribution in [3.8, 4) is 22.5 Å².